The van der Waals surface area contributed by atoms with Crippen molar-refractivity contribution in [3.05, 3.63) is 162 Å². The molecule has 14 nitrogen and oxygen atoms in total. The number of ketones is 1. The SMILES string of the molecule is C.CC(=O)c1cnc2ccc(C(C)C)nc2c1.CC(C)c1ccc2nccnc2n1.CC(C)c1cnc2ncccc2n1.CC(C)c1ncc2ncccc2n1.Cc1ccc2cnc(C(C)C)nc2c1. The fourth-order valence-corrected chi connectivity index (χ4v) is 6.46. The second-order valence-electron chi connectivity index (χ2n) is 18.0. The van der Waals surface area contributed by atoms with Crippen molar-refractivity contribution in [2.24, 2.45) is 0 Å². The van der Waals surface area contributed by atoms with Crippen molar-refractivity contribution in [1.82, 2.24) is 64.8 Å². The molecule has 10 aromatic rings. The highest BCUT2D eigenvalue weighted by molar-refractivity contribution is 5.96. The Morgan fingerprint density at radius 2 is 0.971 bits per heavy atom. The molecule has 9 heterocycles. The van der Waals surface area contributed by atoms with Crippen LogP contribution in [-0.4, -0.2) is 70.6 Å². The molecule has 0 saturated carbocycles. The van der Waals surface area contributed by atoms with E-state index in [2.05, 4.69) is 159 Å². The number of aromatic nitrogens is 13. The van der Waals surface area contributed by atoms with Crippen LogP contribution in [0, 0.1) is 6.92 Å². The summed E-state index contributed by atoms with van der Waals surface area (Å²) in [6.45, 7) is 24.6. The van der Waals surface area contributed by atoms with Crippen LogP contribution in [0.5, 0.6) is 0 Å². The van der Waals surface area contributed by atoms with Crippen molar-refractivity contribution in [3.63, 3.8) is 0 Å². The van der Waals surface area contributed by atoms with E-state index in [1.54, 1.807) is 49.4 Å². The van der Waals surface area contributed by atoms with Crippen LogP contribution >= 0.6 is 0 Å². The van der Waals surface area contributed by atoms with Gasteiger partial charge in [0.05, 0.1) is 40.2 Å². The Morgan fingerprint density at radius 3 is 1.64 bits per heavy atom. The number of nitrogens with zero attached hydrogens (tertiary/aromatic N) is 13. The van der Waals surface area contributed by atoms with Crippen LogP contribution < -0.4 is 0 Å². The monoisotopic (exact) mass is 936 g/mol. The summed E-state index contributed by atoms with van der Waals surface area (Å²) in [6.07, 6.45) is 13.9. The molecule has 14 heteroatoms. The maximum absolute atomic E-state index is 11.2. The summed E-state index contributed by atoms with van der Waals surface area (Å²) in [4.78, 5) is 67.1. The molecule has 0 saturated heterocycles. The highest BCUT2D eigenvalue weighted by Crippen LogP contribution is 2.19. The predicted octanol–water partition coefficient (Wildman–Crippen LogP) is 13.1. The van der Waals surface area contributed by atoms with Crippen molar-refractivity contribution in [1.29, 1.82) is 0 Å². The molecule has 0 aliphatic carbocycles. The Morgan fingerprint density at radius 1 is 0.400 bits per heavy atom. The predicted molar refractivity (Wildman–Crippen MR) is 283 cm³/mol. The Labute approximate surface area is 411 Å². The number of fused-ring (bicyclic) bond motifs is 5. The first-order valence-electron chi connectivity index (χ1n) is 23.3. The van der Waals surface area contributed by atoms with Crippen LogP contribution in [0.15, 0.2) is 122 Å². The summed E-state index contributed by atoms with van der Waals surface area (Å²) < 4.78 is 0. The van der Waals surface area contributed by atoms with Gasteiger partial charge in [0.15, 0.2) is 17.1 Å². The van der Waals surface area contributed by atoms with Gasteiger partial charge in [0.2, 0.25) is 0 Å². The minimum absolute atomic E-state index is 0. The van der Waals surface area contributed by atoms with Crippen molar-refractivity contribution in [3.8, 4) is 0 Å². The molecule has 1 aromatic carbocycles. The van der Waals surface area contributed by atoms with Gasteiger partial charge in [0.25, 0.3) is 0 Å². The number of hydrogen-bond donors (Lipinski definition) is 0. The van der Waals surface area contributed by atoms with Gasteiger partial charge in [-0.15, -0.1) is 0 Å². The molecular formula is C56H65N13O. The molecule has 360 valence electrons. The fraction of sp³-hybridized carbons (Fsp3) is 0.321. The third kappa shape index (κ3) is 14.6. The smallest absolute Gasteiger partial charge is 0.178 e. The molecule has 0 aliphatic rings. The van der Waals surface area contributed by atoms with Crippen LogP contribution in [-0.2, 0) is 0 Å². The van der Waals surface area contributed by atoms with Gasteiger partial charge in [0.1, 0.15) is 28.2 Å². The zero-order valence-corrected chi connectivity index (χ0v) is 41.7. The summed E-state index contributed by atoms with van der Waals surface area (Å²) in [5, 5.41) is 1.11. The molecule has 0 spiro atoms. The highest BCUT2D eigenvalue weighted by Gasteiger charge is 2.08. The van der Waals surface area contributed by atoms with Crippen molar-refractivity contribution in [2.45, 2.75) is 120 Å². The average Bonchev–Trinajstić information content (AvgIpc) is 3.36. The molecule has 70 heavy (non-hydrogen) atoms. The summed E-state index contributed by atoms with van der Waals surface area (Å²) in [5.74, 6) is 3.80. The van der Waals surface area contributed by atoms with Gasteiger partial charge in [-0.25, -0.2) is 44.9 Å². The van der Waals surface area contributed by atoms with Crippen LogP contribution in [0.2, 0.25) is 0 Å². The third-order valence-electron chi connectivity index (χ3n) is 10.6. The van der Waals surface area contributed by atoms with E-state index in [0.717, 1.165) is 78.4 Å². The second kappa shape index (κ2) is 25.0. The Hall–Kier alpha value is -7.74. The zero-order chi connectivity index (χ0) is 49.6. The molecule has 9 aromatic heterocycles. The number of Topliss-reactive ketones (excluding diaryl/α,β-unsaturated/α-hetero) is 1. The maximum Gasteiger partial charge on any atom is 0.178 e. The van der Waals surface area contributed by atoms with E-state index in [1.165, 1.54) is 12.5 Å². The topological polar surface area (TPSA) is 185 Å². The van der Waals surface area contributed by atoms with Gasteiger partial charge in [-0.2, -0.15) is 0 Å². The fourth-order valence-electron chi connectivity index (χ4n) is 6.46. The molecule has 0 unspecified atom stereocenters. The Bertz CT molecular complexity index is 3100. The first-order valence-corrected chi connectivity index (χ1v) is 23.3. The van der Waals surface area contributed by atoms with Crippen LogP contribution in [0.4, 0.5) is 0 Å². The van der Waals surface area contributed by atoms with Crippen LogP contribution in [0.25, 0.3) is 55.3 Å². The largest absolute Gasteiger partial charge is 0.294 e. The van der Waals surface area contributed by atoms with E-state index in [1.807, 2.05) is 54.7 Å². The second-order valence-corrected chi connectivity index (χ2v) is 18.0. The number of carbonyl (C=O) groups excluding carboxylic acids is 1. The van der Waals surface area contributed by atoms with E-state index in [-0.39, 0.29) is 13.2 Å². The van der Waals surface area contributed by atoms with Crippen molar-refractivity contribution < 1.29 is 4.79 Å². The summed E-state index contributed by atoms with van der Waals surface area (Å²) in [5.41, 5.74) is 12.6. The third-order valence-corrected chi connectivity index (χ3v) is 10.6. The molecule has 0 amide bonds. The van der Waals surface area contributed by atoms with E-state index >= 15 is 0 Å². The van der Waals surface area contributed by atoms with E-state index in [9.17, 15) is 4.79 Å². The number of aryl methyl sites for hydroxylation is 1. The molecule has 0 fully saturated rings. The number of hydrogen-bond acceptors (Lipinski definition) is 14. The first kappa shape index (κ1) is 53.2. The summed E-state index contributed by atoms with van der Waals surface area (Å²) in [7, 11) is 0. The van der Waals surface area contributed by atoms with Gasteiger partial charge < -0.3 is 0 Å². The van der Waals surface area contributed by atoms with Crippen LogP contribution in [0.3, 0.4) is 0 Å². The standard InChI is InChI=1S/C13H14N2O.C12H14N2.3C10H11N3.CH4/c1-8(2)11-4-5-12-13(15-11)6-10(7-14-12)9(3)16;1-8(2)12-13-7-10-5-4-9(3)6-11(10)14-12;1-7(2)8-3-4-9-10(13-8)12-6-5-11-9;1-7(2)10-12-6-9-8(13-10)4-3-5-11-9;1-7(2)9-6-12-10-8(13-9)4-3-5-11-10;/h4-8H,1-3H3;4-8H,1-3H3;3*3-7H,1-2H3;1H4. The van der Waals surface area contributed by atoms with Crippen molar-refractivity contribution >= 4 is 61.1 Å². The molecule has 0 N–H and O–H groups in total. The normalized spacial score (nSPS) is 10.9. The van der Waals surface area contributed by atoms with E-state index in [0.29, 0.717) is 40.8 Å². The van der Waals surface area contributed by atoms with Gasteiger partial charge in [-0.3, -0.25) is 24.7 Å². The highest BCUT2D eigenvalue weighted by atomic mass is 16.1. The van der Waals surface area contributed by atoms with Crippen molar-refractivity contribution in [2.75, 3.05) is 0 Å². The lowest BCUT2D eigenvalue weighted by Gasteiger charge is -2.05. The minimum atomic E-state index is 0. The van der Waals surface area contributed by atoms with E-state index in [4.69, 9.17) is 0 Å². The van der Waals surface area contributed by atoms with Gasteiger partial charge >= 0.3 is 0 Å². The maximum atomic E-state index is 11.2. The quantitative estimate of drug-likeness (QED) is 0.143. The van der Waals surface area contributed by atoms with E-state index < -0.39 is 0 Å². The number of benzene rings is 1. The number of carbonyl (C=O) groups is 1. The molecule has 10 rings (SSSR count). The zero-order valence-electron chi connectivity index (χ0n) is 41.7. The molecule has 0 aliphatic heterocycles. The number of rotatable bonds is 6. The average molecular weight is 936 g/mol. The summed E-state index contributed by atoms with van der Waals surface area (Å²) >= 11 is 0. The van der Waals surface area contributed by atoms with Gasteiger partial charge in [0, 0.05) is 71.4 Å². The van der Waals surface area contributed by atoms with Gasteiger partial charge in [-0.1, -0.05) is 88.8 Å². The lowest BCUT2D eigenvalue weighted by atomic mass is 10.1. The van der Waals surface area contributed by atoms with Gasteiger partial charge in [-0.05, 0) is 97.8 Å². The molecular weight excluding hydrogens is 871 g/mol. The Kier molecular flexibility index (Phi) is 19.0. The summed E-state index contributed by atoms with van der Waals surface area (Å²) in [6, 6.07) is 23.6. The lowest BCUT2D eigenvalue weighted by Crippen LogP contribution is -1.97. The number of pyridine rings is 5. The molecule has 0 atom stereocenters. The Balaban J connectivity index is 0.000000163. The molecule has 0 radical (unpaired) electrons. The minimum Gasteiger partial charge on any atom is -0.294 e. The molecule has 0 bridgehead atoms. The van der Waals surface area contributed by atoms with Crippen LogP contribution in [0.1, 0.15) is 158 Å². The lowest BCUT2D eigenvalue weighted by molar-refractivity contribution is 0.101. The first-order chi connectivity index (χ1) is 33.1.